The summed E-state index contributed by atoms with van der Waals surface area (Å²) >= 11 is 0. The van der Waals surface area contributed by atoms with Gasteiger partial charge in [0.25, 0.3) is 0 Å². The van der Waals surface area contributed by atoms with Gasteiger partial charge < -0.3 is 14.9 Å². The van der Waals surface area contributed by atoms with Gasteiger partial charge in [0.05, 0.1) is 19.6 Å². The molecule has 2 N–H and O–H groups in total. The van der Waals surface area contributed by atoms with Crippen molar-refractivity contribution in [2.75, 3.05) is 7.11 Å². The zero-order valence-electron chi connectivity index (χ0n) is 8.76. The largest absolute Gasteiger partial charge is 0.469 e. The number of hydrogen-bond donors (Lipinski definition) is 2. The number of benzene rings is 1. The predicted octanol–water partition coefficient (Wildman–Crippen LogP) is 0.783. The second-order valence-electron chi connectivity index (χ2n) is 3.31. The molecule has 2 atom stereocenters. The van der Waals surface area contributed by atoms with Crippen LogP contribution in [-0.2, 0) is 9.53 Å². The van der Waals surface area contributed by atoms with E-state index in [1.165, 1.54) is 31.4 Å². The number of esters is 1. The zero-order valence-corrected chi connectivity index (χ0v) is 8.76. The van der Waals surface area contributed by atoms with Crippen molar-refractivity contribution in [1.29, 1.82) is 0 Å². The molecular formula is C11H13FO4. The third-order valence-corrected chi connectivity index (χ3v) is 2.19. The Bertz CT molecular complexity index is 367. The molecule has 0 radical (unpaired) electrons. The van der Waals surface area contributed by atoms with Crippen LogP contribution in [-0.4, -0.2) is 29.4 Å². The van der Waals surface area contributed by atoms with Gasteiger partial charge in [0.15, 0.2) is 0 Å². The van der Waals surface area contributed by atoms with Crippen LogP contribution in [0.1, 0.15) is 18.1 Å². The highest BCUT2D eigenvalue weighted by molar-refractivity contribution is 5.69. The summed E-state index contributed by atoms with van der Waals surface area (Å²) in [7, 11) is 1.17. The van der Waals surface area contributed by atoms with Crippen molar-refractivity contribution < 1.29 is 24.1 Å². The Morgan fingerprint density at radius 3 is 2.62 bits per heavy atom. The van der Waals surface area contributed by atoms with E-state index < -0.39 is 24.0 Å². The summed E-state index contributed by atoms with van der Waals surface area (Å²) < 4.78 is 17.6. The van der Waals surface area contributed by atoms with E-state index >= 15 is 0 Å². The van der Waals surface area contributed by atoms with E-state index in [0.717, 1.165) is 0 Å². The monoisotopic (exact) mass is 228 g/mol. The first-order valence-electron chi connectivity index (χ1n) is 4.73. The fourth-order valence-corrected chi connectivity index (χ4v) is 1.29. The number of carbonyl (C=O) groups excluding carboxylic acids is 1. The van der Waals surface area contributed by atoms with Crippen molar-refractivity contribution in [3.05, 3.63) is 35.6 Å². The lowest BCUT2D eigenvalue weighted by Crippen LogP contribution is -2.23. The number of hydrogen-bond acceptors (Lipinski definition) is 4. The van der Waals surface area contributed by atoms with Crippen LogP contribution in [0.25, 0.3) is 0 Å². The molecule has 5 heteroatoms. The van der Waals surface area contributed by atoms with Gasteiger partial charge in [-0.15, -0.1) is 0 Å². The SMILES string of the molecule is COC(=O)CC(O)C(O)c1ccccc1F. The van der Waals surface area contributed by atoms with Gasteiger partial charge >= 0.3 is 5.97 Å². The highest BCUT2D eigenvalue weighted by atomic mass is 19.1. The molecule has 16 heavy (non-hydrogen) atoms. The van der Waals surface area contributed by atoms with Crippen LogP contribution in [0.15, 0.2) is 24.3 Å². The van der Waals surface area contributed by atoms with Crippen LogP contribution in [0.2, 0.25) is 0 Å². The van der Waals surface area contributed by atoms with Crippen LogP contribution in [0.5, 0.6) is 0 Å². The number of methoxy groups -OCH3 is 1. The van der Waals surface area contributed by atoms with Crippen molar-refractivity contribution in [1.82, 2.24) is 0 Å². The van der Waals surface area contributed by atoms with Gasteiger partial charge in [-0.3, -0.25) is 4.79 Å². The Hall–Kier alpha value is -1.46. The summed E-state index contributed by atoms with van der Waals surface area (Å²) in [6.45, 7) is 0. The summed E-state index contributed by atoms with van der Waals surface area (Å²) in [5, 5.41) is 19.1. The van der Waals surface area contributed by atoms with Crippen molar-refractivity contribution in [2.45, 2.75) is 18.6 Å². The number of carbonyl (C=O) groups is 1. The second-order valence-corrected chi connectivity index (χ2v) is 3.31. The van der Waals surface area contributed by atoms with E-state index in [2.05, 4.69) is 4.74 Å². The Labute approximate surface area is 92.3 Å². The second kappa shape index (κ2) is 5.58. The number of halogens is 1. The maximum Gasteiger partial charge on any atom is 0.308 e. The first kappa shape index (κ1) is 12.6. The minimum absolute atomic E-state index is 0.0427. The summed E-state index contributed by atoms with van der Waals surface area (Å²) in [5.41, 5.74) is -0.0427. The van der Waals surface area contributed by atoms with Gasteiger partial charge in [-0.2, -0.15) is 0 Å². The van der Waals surface area contributed by atoms with Crippen molar-refractivity contribution in [3.63, 3.8) is 0 Å². The molecule has 0 saturated heterocycles. The average molecular weight is 228 g/mol. The Balaban J connectivity index is 2.74. The zero-order chi connectivity index (χ0) is 12.1. The normalized spacial score (nSPS) is 14.2. The molecule has 0 saturated carbocycles. The number of aliphatic hydroxyl groups excluding tert-OH is 2. The van der Waals surface area contributed by atoms with E-state index in [-0.39, 0.29) is 12.0 Å². The van der Waals surface area contributed by atoms with E-state index in [1.807, 2.05) is 0 Å². The molecule has 0 aliphatic heterocycles. The van der Waals surface area contributed by atoms with Gasteiger partial charge in [0.1, 0.15) is 11.9 Å². The number of aliphatic hydroxyl groups is 2. The molecule has 2 unspecified atom stereocenters. The quantitative estimate of drug-likeness (QED) is 0.747. The molecular weight excluding hydrogens is 215 g/mol. The molecule has 88 valence electrons. The topological polar surface area (TPSA) is 66.8 Å². The number of rotatable bonds is 4. The molecule has 0 fully saturated rings. The highest BCUT2D eigenvalue weighted by Crippen LogP contribution is 2.21. The fourth-order valence-electron chi connectivity index (χ4n) is 1.29. The molecule has 0 bridgehead atoms. The van der Waals surface area contributed by atoms with Crippen LogP contribution >= 0.6 is 0 Å². The van der Waals surface area contributed by atoms with Crippen LogP contribution < -0.4 is 0 Å². The molecule has 4 nitrogen and oxygen atoms in total. The lowest BCUT2D eigenvalue weighted by Gasteiger charge is -2.17. The molecule has 0 aromatic heterocycles. The summed E-state index contributed by atoms with van der Waals surface area (Å²) in [4.78, 5) is 10.9. The molecule has 0 amide bonds. The third kappa shape index (κ3) is 3.01. The smallest absolute Gasteiger partial charge is 0.308 e. The third-order valence-electron chi connectivity index (χ3n) is 2.19. The van der Waals surface area contributed by atoms with Crippen molar-refractivity contribution >= 4 is 5.97 Å². The average Bonchev–Trinajstić information content (AvgIpc) is 2.28. The van der Waals surface area contributed by atoms with Crippen molar-refractivity contribution in [2.24, 2.45) is 0 Å². The van der Waals surface area contributed by atoms with E-state index in [4.69, 9.17) is 0 Å². The van der Waals surface area contributed by atoms with E-state index in [1.54, 1.807) is 0 Å². The molecule has 1 rings (SSSR count). The first-order chi connectivity index (χ1) is 7.56. The summed E-state index contributed by atoms with van der Waals surface area (Å²) in [6.07, 6.45) is -3.21. The summed E-state index contributed by atoms with van der Waals surface area (Å²) in [5.74, 6) is -1.29. The van der Waals surface area contributed by atoms with Crippen LogP contribution in [0, 0.1) is 5.82 Å². The lowest BCUT2D eigenvalue weighted by atomic mass is 10.0. The Kier molecular flexibility index (Phi) is 4.39. The summed E-state index contributed by atoms with van der Waals surface area (Å²) in [6, 6.07) is 5.52. The maximum absolute atomic E-state index is 13.2. The van der Waals surface area contributed by atoms with Gasteiger partial charge in [0.2, 0.25) is 0 Å². The lowest BCUT2D eigenvalue weighted by molar-refractivity contribution is -0.144. The molecule has 0 aliphatic rings. The first-order valence-corrected chi connectivity index (χ1v) is 4.73. The van der Waals surface area contributed by atoms with Crippen LogP contribution in [0.4, 0.5) is 4.39 Å². The van der Waals surface area contributed by atoms with Crippen LogP contribution in [0.3, 0.4) is 0 Å². The van der Waals surface area contributed by atoms with Gasteiger partial charge in [0, 0.05) is 5.56 Å². The molecule has 0 aliphatic carbocycles. The Morgan fingerprint density at radius 1 is 1.44 bits per heavy atom. The van der Waals surface area contributed by atoms with Gasteiger partial charge in [-0.25, -0.2) is 4.39 Å². The molecule has 0 heterocycles. The molecule has 1 aromatic rings. The standard InChI is InChI=1S/C11H13FO4/c1-16-10(14)6-9(13)11(15)7-4-2-3-5-8(7)12/h2-5,9,11,13,15H,6H2,1H3. The number of ether oxygens (including phenoxy) is 1. The minimum Gasteiger partial charge on any atom is -0.469 e. The van der Waals surface area contributed by atoms with Gasteiger partial charge in [-0.05, 0) is 6.07 Å². The minimum atomic E-state index is -1.44. The van der Waals surface area contributed by atoms with E-state index in [0.29, 0.717) is 0 Å². The van der Waals surface area contributed by atoms with E-state index in [9.17, 15) is 19.4 Å². The predicted molar refractivity (Wildman–Crippen MR) is 54.0 cm³/mol. The molecule has 1 aromatic carbocycles. The highest BCUT2D eigenvalue weighted by Gasteiger charge is 2.23. The van der Waals surface area contributed by atoms with Crippen molar-refractivity contribution in [3.8, 4) is 0 Å². The van der Waals surface area contributed by atoms with Gasteiger partial charge in [-0.1, -0.05) is 18.2 Å². The fraction of sp³-hybridized carbons (Fsp3) is 0.364. The maximum atomic E-state index is 13.2. The molecule has 0 spiro atoms. The Morgan fingerprint density at radius 2 is 2.06 bits per heavy atom.